The zero-order chi connectivity index (χ0) is 14.8. The molecule has 0 fully saturated rings. The fourth-order valence-electron chi connectivity index (χ4n) is 1.63. The van der Waals surface area contributed by atoms with Crippen molar-refractivity contribution in [3.05, 3.63) is 0 Å². The lowest BCUT2D eigenvalue weighted by atomic mass is 10.1. The molecule has 0 saturated carbocycles. The van der Waals surface area contributed by atoms with Crippen molar-refractivity contribution in [3.63, 3.8) is 0 Å². The highest BCUT2D eigenvalue weighted by Gasteiger charge is 2.22. The third-order valence-electron chi connectivity index (χ3n) is 2.93. The summed E-state index contributed by atoms with van der Waals surface area (Å²) in [6, 6.07) is -0.795. The summed E-state index contributed by atoms with van der Waals surface area (Å²) < 4.78 is 0. The van der Waals surface area contributed by atoms with Gasteiger partial charge in [-0.1, -0.05) is 27.7 Å². The van der Waals surface area contributed by atoms with E-state index >= 15 is 0 Å². The molecule has 0 aliphatic heterocycles. The highest BCUT2D eigenvalue weighted by atomic mass is 32.2. The zero-order valence-electron chi connectivity index (χ0n) is 12.3. The first kappa shape index (κ1) is 18.2. The van der Waals surface area contributed by atoms with E-state index < -0.39 is 12.0 Å². The van der Waals surface area contributed by atoms with E-state index in [2.05, 4.69) is 24.1 Å². The minimum atomic E-state index is -0.975. The summed E-state index contributed by atoms with van der Waals surface area (Å²) in [6.45, 7) is 10.8. The molecule has 2 N–H and O–H groups in total. The quantitative estimate of drug-likeness (QED) is 0.593. The van der Waals surface area contributed by atoms with Crippen LogP contribution >= 0.6 is 11.8 Å². The van der Waals surface area contributed by atoms with Crippen LogP contribution in [-0.2, 0) is 9.59 Å². The van der Waals surface area contributed by atoms with E-state index in [-0.39, 0.29) is 11.8 Å². The minimum Gasteiger partial charge on any atom is -0.480 e. The number of carboxylic acids is 1. The lowest BCUT2D eigenvalue weighted by Gasteiger charge is -2.19. The predicted molar refractivity (Wildman–Crippen MR) is 79.5 cm³/mol. The van der Waals surface area contributed by atoms with Crippen LogP contribution < -0.4 is 5.32 Å². The molecular weight excluding hydrogens is 264 g/mol. The van der Waals surface area contributed by atoms with Gasteiger partial charge < -0.3 is 15.3 Å². The number of nitrogens with one attached hydrogen (secondary N) is 1. The number of carbonyl (C=O) groups excluding carboxylic acids is 1. The molecule has 5 nitrogen and oxygen atoms in total. The first-order valence-electron chi connectivity index (χ1n) is 6.74. The van der Waals surface area contributed by atoms with Crippen LogP contribution in [-0.4, -0.2) is 59.1 Å². The summed E-state index contributed by atoms with van der Waals surface area (Å²) in [4.78, 5) is 24.9. The van der Waals surface area contributed by atoms with Crippen molar-refractivity contribution in [1.82, 2.24) is 10.2 Å². The lowest BCUT2D eigenvalue weighted by Crippen LogP contribution is -2.45. The summed E-state index contributed by atoms with van der Waals surface area (Å²) in [6.07, 6.45) is 0. The SMILES string of the molecule is CCN(CC)CCSCC(=O)N[C@H](C(=O)O)C(C)C. The Labute approximate surface area is 120 Å². The van der Waals surface area contributed by atoms with Crippen LogP contribution in [0.25, 0.3) is 0 Å². The summed E-state index contributed by atoms with van der Waals surface area (Å²) in [7, 11) is 0. The van der Waals surface area contributed by atoms with E-state index in [9.17, 15) is 9.59 Å². The van der Waals surface area contributed by atoms with Crippen molar-refractivity contribution in [2.24, 2.45) is 5.92 Å². The van der Waals surface area contributed by atoms with Crippen LogP contribution in [0.1, 0.15) is 27.7 Å². The molecule has 112 valence electrons. The van der Waals surface area contributed by atoms with Gasteiger partial charge in [-0.2, -0.15) is 11.8 Å². The molecular formula is C13H26N2O3S. The zero-order valence-corrected chi connectivity index (χ0v) is 13.1. The van der Waals surface area contributed by atoms with Gasteiger partial charge in [-0.05, 0) is 19.0 Å². The van der Waals surface area contributed by atoms with Crippen molar-refractivity contribution in [1.29, 1.82) is 0 Å². The number of carboxylic acid groups (broad SMARTS) is 1. The van der Waals surface area contributed by atoms with Gasteiger partial charge in [-0.3, -0.25) is 4.79 Å². The summed E-state index contributed by atoms with van der Waals surface area (Å²) in [5, 5.41) is 11.5. The van der Waals surface area contributed by atoms with Crippen LogP contribution in [0.15, 0.2) is 0 Å². The van der Waals surface area contributed by atoms with Crippen LogP contribution in [0.5, 0.6) is 0 Å². The molecule has 0 radical (unpaired) electrons. The third kappa shape index (κ3) is 8.10. The second kappa shape index (κ2) is 10.1. The number of aliphatic carboxylic acids is 1. The monoisotopic (exact) mass is 290 g/mol. The van der Waals surface area contributed by atoms with Crippen molar-refractivity contribution < 1.29 is 14.7 Å². The molecule has 0 spiro atoms. The summed E-state index contributed by atoms with van der Waals surface area (Å²) >= 11 is 1.54. The molecule has 1 atom stereocenters. The Hall–Kier alpha value is -0.750. The molecule has 0 aromatic heterocycles. The first-order valence-corrected chi connectivity index (χ1v) is 7.90. The van der Waals surface area contributed by atoms with Crippen LogP contribution in [0.4, 0.5) is 0 Å². The van der Waals surface area contributed by atoms with E-state index in [1.54, 1.807) is 13.8 Å². The molecule has 0 unspecified atom stereocenters. The lowest BCUT2D eigenvalue weighted by molar-refractivity contribution is -0.142. The molecule has 0 saturated heterocycles. The number of nitrogens with zero attached hydrogens (tertiary/aromatic N) is 1. The standard InChI is InChI=1S/C13H26N2O3S/c1-5-15(6-2)7-8-19-9-11(16)14-12(10(3)4)13(17)18/h10,12H,5-9H2,1-4H3,(H,14,16)(H,17,18)/t12-/m0/s1. The van der Waals surface area contributed by atoms with E-state index in [1.165, 1.54) is 11.8 Å². The topological polar surface area (TPSA) is 69.6 Å². The number of hydrogen-bond donors (Lipinski definition) is 2. The van der Waals surface area contributed by atoms with E-state index in [1.807, 2.05) is 0 Å². The number of carbonyl (C=O) groups is 2. The van der Waals surface area contributed by atoms with Crippen molar-refractivity contribution in [2.45, 2.75) is 33.7 Å². The maximum atomic E-state index is 11.6. The maximum absolute atomic E-state index is 11.6. The van der Waals surface area contributed by atoms with Gasteiger partial charge in [0.1, 0.15) is 6.04 Å². The number of thioether (sulfide) groups is 1. The normalized spacial score (nSPS) is 12.7. The van der Waals surface area contributed by atoms with E-state index in [4.69, 9.17) is 5.11 Å². The summed E-state index contributed by atoms with van der Waals surface area (Å²) in [5.41, 5.74) is 0. The average molecular weight is 290 g/mol. The van der Waals surface area contributed by atoms with Crippen molar-refractivity contribution in [3.8, 4) is 0 Å². The molecule has 0 aromatic carbocycles. The highest BCUT2D eigenvalue weighted by Crippen LogP contribution is 2.04. The molecule has 0 aliphatic carbocycles. The molecule has 0 aromatic rings. The predicted octanol–water partition coefficient (Wildman–Crippen LogP) is 1.29. The van der Waals surface area contributed by atoms with Gasteiger partial charge in [0.2, 0.25) is 5.91 Å². The van der Waals surface area contributed by atoms with Crippen LogP contribution in [0.3, 0.4) is 0 Å². The number of hydrogen-bond acceptors (Lipinski definition) is 4. The molecule has 6 heteroatoms. The van der Waals surface area contributed by atoms with Gasteiger partial charge in [-0.15, -0.1) is 0 Å². The van der Waals surface area contributed by atoms with Gasteiger partial charge >= 0.3 is 5.97 Å². The fourth-order valence-corrected chi connectivity index (χ4v) is 2.43. The van der Waals surface area contributed by atoms with E-state index in [0.717, 1.165) is 25.4 Å². The molecule has 0 heterocycles. The Morgan fingerprint density at radius 2 is 1.84 bits per heavy atom. The van der Waals surface area contributed by atoms with E-state index in [0.29, 0.717) is 5.75 Å². The summed E-state index contributed by atoms with van der Waals surface area (Å²) in [5.74, 6) is -0.0870. The fraction of sp³-hybridized carbons (Fsp3) is 0.846. The van der Waals surface area contributed by atoms with Crippen LogP contribution in [0, 0.1) is 5.92 Å². The van der Waals surface area contributed by atoms with Crippen molar-refractivity contribution in [2.75, 3.05) is 31.1 Å². The van der Waals surface area contributed by atoms with Gasteiger partial charge in [0.05, 0.1) is 5.75 Å². The minimum absolute atomic E-state index is 0.109. The van der Waals surface area contributed by atoms with Crippen molar-refractivity contribution >= 4 is 23.6 Å². The number of rotatable bonds is 10. The molecule has 1 amide bonds. The van der Waals surface area contributed by atoms with Gasteiger partial charge in [-0.25, -0.2) is 4.79 Å². The van der Waals surface area contributed by atoms with Crippen LogP contribution in [0.2, 0.25) is 0 Å². The average Bonchev–Trinajstić information content (AvgIpc) is 2.35. The largest absolute Gasteiger partial charge is 0.480 e. The molecule has 0 aliphatic rings. The molecule has 19 heavy (non-hydrogen) atoms. The Balaban J connectivity index is 3.89. The maximum Gasteiger partial charge on any atom is 0.326 e. The molecule has 0 rings (SSSR count). The smallest absolute Gasteiger partial charge is 0.326 e. The Bertz CT molecular complexity index is 281. The number of amides is 1. The Morgan fingerprint density at radius 3 is 2.26 bits per heavy atom. The van der Waals surface area contributed by atoms with Gasteiger partial charge in [0.15, 0.2) is 0 Å². The Morgan fingerprint density at radius 1 is 1.26 bits per heavy atom. The van der Waals surface area contributed by atoms with Gasteiger partial charge in [0.25, 0.3) is 0 Å². The highest BCUT2D eigenvalue weighted by molar-refractivity contribution is 7.99. The second-order valence-electron chi connectivity index (χ2n) is 4.71. The van der Waals surface area contributed by atoms with Gasteiger partial charge in [0, 0.05) is 12.3 Å². The third-order valence-corrected chi connectivity index (χ3v) is 3.87. The first-order chi connectivity index (χ1) is 8.92. The Kier molecular flexibility index (Phi) is 9.69. The molecule has 0 bridgehead atoms. The second-order valence-corrected chi connectivity index (χ2v) is 5.81.